The number of fused-ring (bicyclic) bond motifs is 1. The topological polar surface area (TPSA) is 3.24 Å². The Morgan fingerprint density at radius 1 is 0.288 bits per heavy atom. The van der Waals surface area contributed by atoms with E-state index in [1.54, 1.807) is 30.3 Å². The second kappa shape index (κ2) is 16.0. The van der Waals surface area contributed by atoms with E-state index in [-0.39, 0.29) is 46.7 Å². The molecule has 0 N–H and O–H groups in total. The summed E-state index contributed by atoms with van der Waals surface area (Å²) in [6.07, 6.45) is 0. The Morgan fingerprint density at radius 2 is 0.780 bits per heavy atom. The molecule has 10 aromatic carbocycles. The fraction of sp³-hybridized carbons (Fsp3) is 0. The second-order valence-electron chi connectivity index (χ2n) is 14.3. The van der Waals surface area contributed by atoms with Gasteiger partial charge in [-0.05, 0) is 108 Å². The van der Waals surface area contributed by atoms with Crippen LogP contribution in [0.2, 0.25) is 0 Å². The first-order chi connectivity index (χ1) is 32.6. The van der Waals surface area contributed by atoms with Crippen LogP contribution in [0.5, 0.6) is 0 Å². The molecule has 0 aliphatic carbocycles. The van der Waals surface area contributed by atoms with E-state index in [0.717, 1.165) is 49.7 Å². The summed E-state index contributed by atoms with van der Waals surface area (Å²) >= 11 is 0. The molecule has 0 fully saturated rings. The van der Waals surface area contributed by atoms with Crippen molar-refractivity contribution in [3.63, 3.8) is 0 Å². The predicted molar refractivity (Wildman–Crippen MR) is 251 cm³/mol. The first-order valence-electron chi connectivity index (χ1n) is 23.6. The van der Waals surface area contributed by atoms with Gasteiger partial charge in [0.15, 0.2) is 0 Å². The summed E-state index contributed by atoms with van der Waals surface area (Å²) in [5, 5.41) is 1.82. The van der Waals surface area contributed by atoms with Crippen LogP contribution in [0.25, 0.3) is 77.5 Å². The lowest BCUT2D eigenvalue weighted by atomic mass is 9.88. The molecule has 0 radical (unpaired) electrons. The Morgan fingerprint density at radius 3 is 1.47 bits per heavy atom. The van der Waals surface area contributed by atoms with Crippen molar-refractivity contribution in [3.8, 4) is 66.8 Å². The van der Waals surface area contributed by atoms with E-state index < -0.39 is 24.2 Å². The Balaban J connectivity index is 1.25. The van der Waals surface area contributed by atoms with E-state index in [0.29, 0.717) is 22.4 Å². The lowest BCUT2D eigenvalue weighted by Crippen LogP contribution is -2.11. The molecule has 0 aliphatic rings. The van der Waals surface area contributed by atoms with Crippen LogP contribution in [0.4, 0.5) is 17.1 Å². The molecule has 0 atom stereocenters. The molecular weight excluding hydrogens is 711 g/mol. The molecule has 1 heteroatoms. The molecule has 10 rings (SSSR count). The number of benzene rings is 10. The number of hydrogen-bond donors (Lipinski definition) is 0. The molecule has 10 aromatic rings. The van der Waals surface area contributed by atoms with Gasteiger partial charge in [0, 0.05) is 16.9 Å². The molecule has 0 spiro atoms. The van der Waals surface area contributed by atoms with Gasteiger partial charge in [0.25, 0.3) is 0 Å². The lowest BCUT2D eigenvalue weighted by Gasteiger charge is -2.29. The molecule has 0 amide bonds. The van der Waals surface area contributed by atoms with Gasteiger partial charge in [-0.3, -0.25) is 0 Å². The summed E-state index contributed by atoms with van der Waals surface area (Å²) in [5.41, 5.74) is 8.38. The standard InChI is InChI=1S/C58H41N/c1-3-16-42(17-4-1)44-30-32-45(33-31-44)46-36-38-51(39-37-46)59(52-23-15-22-49(41-52)50-35-34-43-18-7-8-21-48(43)40-50)58-29-14-13-28-57(58)56-27-12-11-26-55(56)54-25-10-9-24-53(54)47-19-5-2-6-20-47/h1-41H/i15D,22D,23D,36D,37D,38D,39D,41D. The van der Waals surface area contributed by atoms with Crippen molar-refractivity contribution < 1.29 is 11.0 Å². The van der Waals surface area contributed by atoms with E-state index in [1.165, 1.54) is 4.90 Å². The van der Waals surface area contributed by atoms with Crippen molar-refractivity contribution in [2.75, 3.05) is 4.90 Å². The van der Waals surface area contributed by atoms with Crippen molar-refractivity contribution in [2.45, 2.75) is 0 Å². The Hall–Kier alpha value is -7.74. The lowest BCUT2D eigenvalue weighted by molar-refractivity contribution is 1.28. The van der Waals surface area contributed by atoms with Crippen LogP contribution in [-0.2, 0) is 0 Å². The maximum absolute atomic E-state index is 10.0. The quantitative estimate of drug-likeness (QED) is 0.142. The van der Waals surface area contributed by atoms with Crippen molar-refractivity contribution in [1.82, 2.24) is 0 Å². The van der Waals surface area contributed by atoms with Gasteiger partial charge < -0.3 is 4.90 Å². The van der Waals surface area contributed by atoms with Gasteiger partial charge in [-0.15, -0.1) is 0 Å². The fourth-order valence-electron chi connectivity index (χ4n) is 7.75. The molecule has 0 unspecified atom stereocenters. The Labute approximate surface area is 358 Å². The third-order valence-corrected chi connectivity index (χ3v) is 10.7. The highest BCUT2D eigenvalue weighted by molar-refractivity contribution is 5.97. The van der Waals surface area contributed by atoms with Gasteiger partial charge in [0.05, 0.1) is 16.7 Å². The number of nitrogens with zero attached hydrogens (tertiary/aromatic N) is 1. The van der Waals surface area contributed by atoms with Gasteiger partial charge >= 0.3 is 0 Å². The minimum Gasteiger partial charge on any atom is -0.310 e. The van der Waals surface area contributed by atoms with Gasteiger partial charge in [-0.1, -0.05) is 212 Å². The maximum atomic E-state index is 10.0. The Bertz CT molecular complexity index is 3470. The summed E-state index contributed by atoms with van der Waals surface area (Å²) in [5.74, 6) is 0. The van der Waals surface area contributed by atoms with Crippen LogP contribution in [0.1, 0.15) is 11.0 Å². The SMILES string of the molecule is [2H]c1c([2H])c(-c2ccc3ccccc3c2)c([2H])c(N(c2ccccc2-c2ccccc2-c2ccccc2-c2ccccc2)c2c([2H])c([2H])c(-c3ccc(-c4ccccc4)cc3)c([2H])c2[2H])c1[2H]. The monoisotopic (exact) mass is 759 g/mol. The normalized spacial score (nSPS) is 12.9. The summed E-state index contributed by atoms with van der Waals surface area (Å²) < 4.78 is 76.9. The summed E-state index contributed by atoms with van der Waals surface area (Å²) in [6, 6.07) is 61.1. The zero-order valence-corrected chi connectivity index (χ0v) is 32.0. The summed E-state index contributed by atoms with van der Waals surface area (Å²) in [7, 11) is 0. The second-order valence-corrected chi connectivity index (χ2v) is 14.3. The van der Waals surface area contributed by atoms with Crippen molar-refractivity contribution >= 4 is 27.8 Å². The largest absolute Gasteiger partial charge is 0.310 e. The van der Waals surface area contributed by atoms with Gasteiger partial charge in [-0.25, -0.2) is 0 Å². The first kappa shape index (κ1) is 27.8. The van der Waals surface area contributed by atoms with Crippen molar-refractivity contribution in [1.29, 1.82) is 0 Å². The van der Waals surface area contributed by atoms with E-state index in [9.17, 15) is 11.0 Å². The highest BCUT2D eigenvalue weighted by atomic mass is 15.1. The Kier molecular flexibility index (Phi) is 7.54. The zero-order valence-electron chi connectivity index (χ0n) is 40.0. The number of hydrogen-bond acceptors (Lipinski definition) is 1. The molecule has 278 valence electrons. The zero-order chi connectivity index (χ0) is 46.3. The van der Waals surface area contributed by atoms with Crippen molar-refractivity contribution in [3.05, 3.63) is 249 Å². The number of anilines is 3. The minimum absolute atomic E-state index is 0.103. The molecule has 0 saturated heterocycles. The predicted octanol–water partition coefficient (Wildman–Crippen LogP) is 16.3. The van der Waals surface area contributed by atoms with Crippen LogP contribution in [-0.4, -0.2) is 0 Å². The molecular formula is C58H41N. The van der Waals surface area contributed by atoms with E-state index in [2.05, 4.69) is 24.3 Å². The summed E-state index contributed by atoms with van der Waals surface area (Å²) in [4.78, 5) is 1.45. The fourth-order valence-corrected chi connectivity index (χ4v) is 7.75. The molecule has 0 saturated carbocycles. The maximum Gasteiger partial charge on any atom is 0.0651 e. The van der Waals surface area contributed by atoms with Gasteiger partial charge in [0.1, 0.15) is 0 Å². The van der Waals surface area contributed by atoms with E-state index in [1.807, 2.05) is 146 Å². The smallest absolute Gasteiger partial charge is 0.0651 e. The minimum atomic E-state index is -0.463. The molecule has 0 aromatic heterocycles. The molecule has 1 nitrogen and oxygen atoms in total. The average molecular weight is 760 g/mol. The van der Waals surface area contributed by atoms with Crippen LogP contribution < -0.4 is 4.90 Å². The van der Waals surface area contributed by atoms with E-state index >= 15 is 0 Å². The molecule has 0 bridgehead atoms. The average Bonchev–Trinajstić information content (AvgIpc) is 3.38. The highest BCUT2D eigenvalue weighted by Crippen LogP contribution is 2.46. The van der Waals surface area contributed by atoms with E-state index in [4.69, 9.17) is 0 Å². The van der Waals surface area contributed by atoms with Gasteiger partial charge in [0.2, 0.25) is 0 Å². The number of para-hydroxylation sites is 1. The summed E-state index contributed by atoms with van der Waals surface area (Å²) in [6.45, 7) is 0. The van der Waals surface area contributed by atoms with Crippen LogP contribution in [0.3, 0.4) is 0 Å². The first-order valence-corrected chi connectivity index (χ1v) is 19.6. The molecule has 0 heterocycles. The van der Waals surface area contributed by atoms with Crippen LogP contribution in [0.15, 0.2) is 249 Å². The molecule has 0 aliphatic heterocycles. The third kappa shape index (κ3) is 7.23. The third-order valence-electron chi connectivity index (χ3n) is 10.7. The highest BCUT2D eigenvalue weighted by Gasteiger charge is 2.21. The van der Waals surface area contributed by atoms with Crippen molar-refractivity contribution in [2.24, 2.45) is 0 Å². The number of rotatable bonds is 9. The van der Waals surface area contributed by atoms with Gasteiger partial charge in [-0.2, -0.15) is 0 Å². The molecule has 59 heavy (non-hydrogen) atoms. The van der Waals surface area contributed by atoms with Crippen LogP contribution >= 0.6 is 0 Å². The van der Waals surface area contributed by atoms with Crippen LogP contribution in [0, 0.1) is 0 Å².